The Hall–Kier alpha value is -4.77. The normalized spacial score (nSPS) is 17.6. The molecule has 2 N–H and O–H groups in total. The van der Waals surface area contributed by atoms with E-state index >= 15 is 0 Å². The van der Waals surface area contributed by atoms with Gasteiger partial charge in [-0.1, -0.05) is 12.1 Å². The minimum absolute atomic E-state index is 0.0765. The van der Waals surface area contributed by atoms with Gasteiger partial charge < -0.3 is 19.9 Å². The molecule has 0 atom stereocenters. The van der Waals surface area contributed by atoms with Crippen LogP contribution in [0.3, 0.4) is 0 Å². The predicted molar refractivity (Wildman–Crippen MR) is 163 cm³/mol. The molecule has 0 saturated heterocycles. The van der Waals surface area contributed by atoms with E-state index < -0.39 is 11.7 Å². The molecule has 1 aromatic heterocycles. The first-order valence-corrected chi connectivity index (χ1v) is 14.4. The number of hydrogen-bond donors (Lipinski definition) is 2. The molecule has 11 heteroatoms. The number of alkyl halides is 3. The molecule has 2 aromatic carbocycles. The number of carbonyl (C=O) groups excluding carboxylic acids is 1. The Labute approximate surface area is 252 Å². The van der Waals surface area contributed by atoms with E-state index in [1.165, 1.54) is 19.1 Å². The highest BCUT2D eigenvalue weighted by Crippen LogP contribution is 2.33. The lowest BCUT2D eigenvalue weighted by Gasteiger charge is -2.25. The van der Waals surface area contributed by atoms with Crippen molar-refractivity contribution >= 4 is 34.1 Å². The number of para-hydroxylation sites is 2. The molecule has 1 fully saturated rings. The number of anilines is 3. The largest absolute Gasteiger partial charge is 0.416 e. The molecule has 1 amide bonds. The number of halogens is 3. The van der Waals surface area contributed by atoms with Crippen LogP contribution >= 0.6 is 0 Å². The second-order valence-electron chi connectivity index (χ2n) is 10.9. The van der Waals surface area contributed by atoms with Crippen LogP contribution in [0.25, 0.3) is 28.1 Å². The Morgan fingerprint density at radius 1 is 1.00 bits per heavy atom. The van der Waals surface area contributed by atoms with E-state index in [4.69, 9.17) is 14.7 Å². The monoisotopic (exact) mass is 600 g/mol. The van der Waals surface area contributed by atoms with Crippen molar-refractivity contribution in [1.82, 2.24) is 14.5 Å². The summed E-state index contributed by atoms with van der Waals surface area (Å²) >= 11 is 0. The maximum absolute atomic E-state index is 13.4. The highest BCUT2D eigenvalue weighted by atomic mass is 19.4. The van der Waals surface area contributed by atoms with E-state index in [1.807, 2.05) is 47.0 Å². The summed E-state index contributed by atoms with van der Waals surface area (Å²) in [6, 6.07) is 20.1. The summed E-state index contributed by atoms with van der Waals surface area (Å²) in [4.78, 5) is 25.8. The van der Waals surface area contributed by atoms with Gasteiger partial charge in [0.15, 0.2) is 0 Å². The van der Waals surface area contributed by atoms with Gasteiger partial charge in [-0.2, -0.15) is 13.2 Å². The number of pyridine rings is 1. The summed E-state index contributed by atoms with van der Waals surface area (Å²) in [6.45, 7) is 1.42. The molecule has 2 heterocycles. The van der Waals surface area contributed by atoms with Crippen LogP contribution in [0.1, 0.15) is 38.2 Å². The summed E-state index contributed by atoms with van der Waals surface area (Å²) in [5.41, 5.74) is 4.05. The minimum Gasteiger partial charge on any atom is -0.381 e. The smallest absolute Gasteiger partial charge is 0.381 e. The quantitative estimate of drug-likeness (QED) is 0.203. The van der Waals surface area contributed by atoms with Crippen molar-refractivity contribution in [3.8, 4) is 17.1 Å². The Morgan fingerprint density at radius 3 is 2.41 bits per heavy atom. The second kappa shape index (κ2) is 12.1. The SMILES string of the molecule is COC1CCC(N=c2cc3n(-c4ccc(C(F)(F)F)cc4)c4ccccc4nc-3cc2Nc2ccc(NC(C)=O)nc2)CC1. The summed E-state index contributed by atoms with van der Waals surface area (Å²) in [7, 11) is 1.73. The van der Waals surface area contributed by atoms with Crippen LogP contribution < -0.4 is 16.0 Å². The minimum atomic E-state index is -4.44. The molecule has 0 spiro atoms. The molecular formula is C33H31F3N6O2. The molecular weight excluding hydrogens is 569 g/mol. The van der Waals surface area contributed by atoms with Gasteiger partial charge in [0.2, 0.25) is 5.91 Å². The van der Waals surface area contributed by atoms with E-state index in [0.29, 0.717) is 45.1 Å². The lowest BCUT2D eigenvalue weighted by molar-refractivity contribution is -0.137. The summed E-state index contributed by atoms with van der Waals surface area (Å²) < 4.78 is 47.6. The molecule has 8 nitrogen and oxygen atoms in total. The van der Waals surface area contributed by atoms with E-state index in [9.17, 15) is 18.0 Å². The van der Waals surface area contributed by atoms with E-state index in [2.05, 4.69) is 15.6 Å². The molecule has 2 aliphatic carbocycles. The molecule has 226 valence electrons. The Balaban J connectivity index is 1.51. The molecule has 6 rings (SSSR count). The van der Waals surface area contributed by atoms with Crippen LogP contribution in [0.15, 0.2) is 84.0 Å². The van der Waals surface area contributed by atoms with Gasteiger partial charge in [0, 0.05) is 19.7 Å². The zero-order valence-electron chi connectivity index (χ0n) is 24.2. The number of nitrogens with zero attached hydrogens (tertiary/aromatic N) is 4. The number of benzene rings is 3. The highest BCUT2D eigenvalue weighted by Gasteiger charge is 2.30. The van der Waals surface area contributed by atoms with Crippen LogP contribution in [0.2, 0.25) is 0 Å². The molecule has 3 aromatic rings. The number of fused-ring (bicyclic) bond motifs is 2. The van der Waals surface area contributed by atoms with Gasteiger partial charge in [0.25, 0.3) is 0 Å². The number of aromatic nitrogens is 3. The van der Waals surface area contributed by atoms with Crippen molar-refractivity contribution in [3.63, 3.8) is 0 Å². The van der Waals surface area contributed by atoms with Gasteiger partial charge in [0.05, 0.1) is 63.1 Å². The lowest BCUT2D eigenvalue weighted by Crippen LogP contribution is -2.25. The van der Waals surface area contributed by atoms with Crippen molar-refractivity contribution in [2.24, 2.45) is 4.99 Å². The number of rotatable bonds is 6. The fraction of sp³-hybridized carbons (Fsp3) is 0.273. The van der Waals surface area contributed by atoms with Gasteiger partial charge in [-0.15, -0.1) is 0 Å². The average Bonchev–Trinajstić information content (AvgIpc) is 3.01. The predicted octanol–water partition coefficient (Wildman–Crippen LogP) is 7.10. The topological polar surface area (TPSA) is 93.4 Å². The lowest BCUT2D eigenvalue weighted by atomic mass is 9.93. The van der Waals surface area contributed by atoms with Crippen LogP contribution in [-0.4, -0.2) is 39.7 Å². The molecule has 0 unspecified atom stereocenters. The van der Waals surface area contributed by atoms with Gasteiger partial charge in [-0.25, -0.2) is 9.97 Å². The second-order valence-corrected chi connectivity index (χ2v) is 10.9. The molecule has 0 radical (unpaired) electrons. The van der Waals surface area contributed by atoms with Crippen LogP contribution in [0.4, 0.5) is 30.4 Å². The zero-order chi connectivity index (χ0) is 30.8. The fourth-order valence-corrected chi connectivity index (χ4v) is 5.61. The zero-order valence-corrected chi connectivity index (χ0v) is 24.2. The number of carbonyl (C=O) groups is 1. The third-order valence-corrected chi connectivity index (χ3v) is 7.80. The standard InChI is InChI=1S/C33H31F3N6O2/c1-20(43)38-32-16-11-23(19-37-32)40-27-17-29-31(18-28(27)39-22-9-14-25(44-2)15-10-22)42(30-6-4-3-5-26(30)41-29)24-12-7-21(8-13-24)33(34,35)36/h3-8,11-13,16-19,22,25,40H,9-10,14-15H2,1-2H3,(H,37,38,43). The highest BCUT2D eigenvalue weighted by molar-refractivity contribution is 5.88. The molecule has 44 heavy (non-hydrogen) atoms. The third-order valence-electron chi connectivity index (χ3n) is 7.80. The van der Waals surface area contributed by atoms with Crippen molar-refractivity contribution in [3.05, 3.63) is 89.9 Å². The number of methoxy groups -OCH3 is 1. The Morgan fingerprint density at radius 2 is 1.75 bits per heavy atom. The fourth-order valence-electron chi connectivity index (χ4n) is 5.61. The summed E-state index contributed by atoms with van der Waals surface area (Å²) in [5.74, 6) is 0.226. The van der Waals surface area contributed by atoms with E-state index in [0.717, 1.165) is 43.3 Å². The maximum Gasteiger partial charge on any atom is 0.416 e. The Kier molecular flexibility index (Phi) is 8.05. The van der Waals surface area contributed by atoms with Crippen molar-refractivity contribution in [1.29, 1.82) is 0 Å². The Bertz CT molecular complexity index is 1830. The number of amides is 1. The molecule has 0 bridgehead atoms. The van der Waals surface area contributed by atoms with Crippen LogP contribution in [0.5, 0.6) is 0 Å². The van der Waals surface area contributed by atoms with Gasteiger partial charge in [-0.05, 0) is 86.3 Å². The summed E-state index contributed by atoms with van der Waals surface area (Å²) in [5, 5.41) is 6.78. The first-order valence-electron chi connectivity index (χ1n) is 14.4. The summed E-state index contributed by atoms with van der Waals surface area (Å²) in [6.07, 6.45) is 0.978. The van der Waals surface area contributed by atoms with Gasteiger partial charge >= 0.3 is 6.18 Å². The average molecular weight is 601 g/mol. The van der Waals surface area contributed by atoms with E-state index in [1.54, 1.807) is 19.4 Å². The molecule has 3 aliphatic rings. The van der Waals surface area contributed by atoms with Gasteiger partial charge in [-0.3, -0.25) is 9.79 Å². The van der Waals surface area contributed by atoms with Crippen molar-refractivity contribution in [2.75, 3.05) is 17.7 Å². The molecule has 1 aliphatic heterocycles. The van der Waals surface area contributed by atoms with Crippen molar-refractivity contribution < 1.29 is 22.7 Å². The number of hydrogen-bond acceptors (Lipinski definition) is 6. The van der Waals surface area contributed by atoms with Crippen LogP contribution in [0, 0.1) is 0 Å². The van der Waals surface area contributed by atoms with Crippen molar-refractivity contribution in [2.45, 2.75) is 50.9 Å². The maximum atomic E-state index is 13.4. The van der Waals surface area contributed by atoms with Gasteiger partial charge in [0.1, 0.15) is 5.82 Å². The van der Waals surface area contributed by atoms with E-state index in [-0.39, 0.29) is 18.1 Å². The first-order chi connectivity index (χ1) is 21.2. The molecule has 1 saturated carbocycles. The first kappa shape index (κ1) is 29.3. The number of ether oxygens (including phenoxy) is 1. The third kappa shape index (κ3) is 6.28. The number of nitrogens with one attached hydrogen (secondary N) is 2. The van der Waals surface area contributed by atoms with Crippen LogP contribution in [-0.2, 0) is 15.7 Å².